The molecule has 18 heavy (non-hydrogen) atoms. The van der Waals surface area contributed by atoms with Crippen LogP contribution < -0.4 is 5.32 Å². The van der Waals surface area contributed by atoms with Gasteiger partial charge in [0.05, 0.1) is 6.54 Å². The van der Waals surface area contributed by atoms with Crippen molar-refractivity contribution in [2.45, 2.75) is 38.3 Å². The molecule has 1 aromatic rings. The Morgan fingerprint density at radius 3 is 3.22 bits per heavy atom. The van der Waals surface area contributed by atoms with Gasteiger partial charge in [0.1, 0.15) is 5.82 Å². The Morgan fingerprint density at radius 1 is 1.50 bits per heavy atom. The van der Waals surface area contributed by atoms with Gasteiger partial charge in [0.2, 0.25) is 0 Å². The van der Waals surface area contributed by atoms with E-state index in [9.17, 15) is 0 Å². The molecule has 1 saturated carbocycles. The fourth-order valence-corrected chi connectivity index (χ4v) is 3.93. The van der Waals surface area contributed by atoms with Crippen molar-refractivity contribution in [2.24, 2.45) is 18.0 Å². The molecule has 0 bridgehead atoms. The second-order valence-corrected chi connectivity index (χ2v) is 6.19. The van der Waals surface area contributed by atoms with Gasteiger partial charge >= 0.3 is 0 Å². The van der Waals surface area contributed by atoms with Crippen molar-refractivity contribution < 1.29 is 0 Å². The first-order valence-corrected chi connectivity index (χ1v) is 7.71. The molecule has 1 aliphatic heterocycles. The third-order valence-electron chi connectivity index (χ3n) is 3.94. The van der Waals surface area contributed by atoms with Crippen LogP contribution in [0.25, 0.3) is 0 Å². The molecule has 0 radical (unpaired) electrons. The van der Waals surface area contributed by atoms with E-state index in [1.54, 1.807) is 0 Å². The number of hydrogen-bond acceptors (Lipinski definition) is 3. The predicted octanol–water partition coefficient (Wildman–Crippen LogP) is 2.17. The summed E-state index contributed by atoms with van der Waals surface area (Å²) in [5.41, 5.74) is 0. The molecule has 2 aliphatic rings. The first-order chi connectivity index (χ1) is 8.83. The minimum Gasteiger partial charge on any atom is -0.362 e. The molecule has 1 saturated heterocycles. The molecule has 0 amide bonds. The number of amidine groups is 1. The lowest BCUT2D eigenvalue weighted by molar-refractivity contribution is 0.311. The predicted molar refractivity (Wildman–Crippen MR) is 75.7 cm³/mol. The van der Waals surface area contributed by atoms with Gasteiger partial charge < -0.3 is 9.88 Å². The lowest BCUT2D eigenvalue weighted by Crippen LogP contribution is -2.46. The highest BCUT2D eigenvalue weighted by Crippen LogP contribution is 2.31. The maximum atomic E-state index is 4.66. The van der Waals surface area contributed by atoms with Crippen LogP contribution in [0.3, 0.4) is 0 Å². The lowest BCUT2D eigenvalue weighted by Gasteiger charge is -2.36. The summed E-state index contributed by atoms with van der Waals surface area (Å²) in [5, 5.41) is 4.73. The number of aryl methyl sites for hydroxylation is 1. The Balaban J connectivity index is 1.61. The quantitative estimate of drug-likeness (QED) is 0.890. The summed E-state index contributed by atoms with van der Waals surface area (Å²) in [7, 11) is 2.02. The molecule has 98 valence electrons. The Kier molecular flexibility index (Phi) is 3.59. The zero-order chi connectivity index (χ0) is 12.4. The van der Waals surface area contributed by atoms with Gasteiger partial charge in [0, 0.05) is 31.2 Å². The maximum Gasteiger partial charge on any atom is 0.157 e. The number of rotatable bonds is 2. The molecule has 1 N–H and O–H groups in total. The van der Waals surface area contributed by atoms with Crippen LogP contribution in [-0.2, 0) is 13.6 Å². The summed E-state index contributed by atoms with van der Waals surface area (Å²) in [6.07, 6.45) is 9.26. The zero-order valence-electron chi connectivity index (χ0n) is 10.8. The summed E-state index contributed by atoms with van der Waals surface area (Å²) >= 11 is 1.88. The summed E-state index contributed by atoms with van der Waals surface area (Å²) in [4.78, 5) is 8.96. The lowest BCUT2D eigenvalue weighted by atomic mass is 9.86. The zero-order valence-corrected chi connectivity index (χ0v) is 11.6. The van der Waals surface area contributed by atoms with Gasteiger partial charge in [-0.1, -0.05) is 24.6 Å². The molecule has 1 aromatic heterocycles. The average Bonchev–Trinajstić information content (AvgIpc) is 2.82. The van der Waals surface area contributed by atoms with Crippen LogP contribution in [0.2, 0.25) is 0 Å². The van der Waals surface area contributed by atoms with Crippen LogP contribution in [0.5, 0.6) is 0 Å². The van der Waals surface area contributed by atoms with Gasteiger partial charge in [-0.05, 0) is 18.8 Å². The third-order valence-corrected chi connectivity index (χ3v) is 5.05. The van der Waals surface area contributed by atoms with Crippen LogP contribution in [0, 0.1) is 5.92 Å². The van der Waals surface area contributed by atoms with Gasteiger partial charge in [-0.15, -0.1) is 0 Å². The molecule has 1 aliphatic carbocycles. The number of hydrogen-bond donors (Lipinski definition) is 1. The van der Waals surface area contributed by atoms with Gasteiger partial charge in [-0.25, -0.2) is 4.98 Å². The van der Waals surface area contributed by atoms with Crippen molar-refractivity contribution in [3.63, 3.8) is 0 Å². The van der Waals surface area contributed by atoms with Gasteiger partial charge in [-0.2, -0.15) is 0 Å². The fraction of sp³-hybridized carbons (Fsp3) is 0.692. The van der Waals surface area contributed by atoms with E-state index < -0.39 is 0 Å². The van der Waals surface area contributed by atoms with E-state index in [0.717, 1.165) is 16.9 Å². The minimum atomic E-state index is 0.667. The van der Waals surface area contributed by atoms with Crippen molar-refractivity contribution in [3.05, 3.63) is 18.2 Å². The standard InChI is InChI=1S/C13H20N4S/c1-17-7-6-14-12(17)8-15-13-16-11-5-3-2-4-10(11)9-18-13/h6-7,10-11H,2-5,8-9H2,1H3,(H,15,16). The SMILES string of the molecule is Cn1ccnc1CN=C1NC2CCCCC2CS1. The summed E-state index contributed by atoms with van der Waals surface area (Å²) in [6, 6.07) is 0.667. The summed E-state index contributed by atoms with van der Waals surface area (Å²) in [6.45, 7) is 0.677. The van der Waals surface area contributed by atoms with Crippen molar-refractivity contribution in [1.29, 1.82) is 0 Å². The largest absolute Gasteiger partial charge is 0.362 e. The topological polar surface area (TPSA) is 42.2 Å². The van der Waals surface area contributed by atoms with E-state index in [1.807, 2.05) is 35.8 Å². The van der Waals surface area contributed by atoms with Crippen LogP contribution in [-0.4, -0.2) is 26.5 Å². The molecule has 2 fully saturated rings. The van der Waals surface area contributed by atoms with E-state index in [2.05, 4.69) is 15.3 Å². The minimum absolute atomic E-state index is 0.667. The number of thioether (sulfide) groups is 1. The Hall–Kier alpha value is -0.970. The maximum absolute atomic E-state index is 4.66. The first kappa shape index (κ1) is 12.1. The number of nitrogens with one attached hydrogen (secondary N) is 1. The van der Waals surface area contributed by atoms with Crippen molar-refractivity contribution in [1.82, 2.24) is 14.9 Å². The second kappa shape index (κ2) is 5.34. The first-order valence-electron chi connectivity index (χ1n) is 6.73. The highest BCUT2D eigenvalue weighted by molar-refractivity contribution is 8.13. The number of imidazole rings is 1. The second-order valence-electron chi connectivity index (χ2n) is 5.18. The monoisotopic (exact) mass is 264 g/mol. The molecular weight excluding hydrogens is 244 g/mol. The molecule has 2 atom stereocenters. The van der Waals surface area contributed by atoms with Crippen molar-refractivity contribution in [3.8, 4) is 0 Å². The Bertz CT molecular complexity index is 440. The number of nitrogens with zero attached hydrogens (tertiary/aromatic N) is 3. The number of fused-ring (bicyclic) bond motifs is 1. The normalized spacial score (nSPS) is 29.9. The number of aliphatic imine (C=N–C) groups is 1. The highest BCUT2D eigenvalue weighted by Gasteiger charge is 2.30. The summed E-state index contributed by atoms with van der Waals surface area (Å²) in [5.74, 6) is 3.11. The molecule has 2 heterocycles. The Morgan fingerprint density at radius 2 is 2.39 bits per heavy atom. The smallest absolute Gasteiger partial charge is 0.157 e. The highest BCUT2D eigenvalue weighted by atomic mass is 32.2. The molecule has 2 unspecified atom stereocenters. The molecule has 0 aromatic carbocycles. The Labute approximate surface area is 112 Å². The van der Waals surface area contributed by atoms with Crippen LogP contribution in [0.1, 0.15) is 31.5 Å². The molecule has 5 heteroatoms. The van der Waals surface area contributed by atoms with E-state index in [-0.39, 0.29) is 0 Å². The van der Waals surface area contributed by atoms with E-state index in [4.69, 9.17) is 0 Å². The average molecular weight is 264 g/mol. The van der Waals surface area contributed by atoms with E-state index in [1.165, 1.54) is 31.4 Å². The van der Waals surface area contributed by atoms with Crippen LogP contribution >= 0.6 is 11.8 Å². The van der Waals surface area contributed by atoms with Crippen LogP contribution in [0.4, 0.5) is 0 Å². The van der Waals surface area contributed by atoms with Crippen LogP contribution in [0.15, 0.2) is 17.4 Å². The van der Waals surface area contributed by atoms with Crippen molar-refractivity contribution >= 4 is 16.9 Å². The number of aromatic nitrogens is 2. The molecule has 4 nitrogen and oxygen atoms in total. The molecular formula is C13H20N4S. The fourth-order valence-electron chi connectivity index (χ4n) is 2.77. The van der Waals surface area contributed by atoms with E-state index >= 15 is 0 Å². The molecule has 0 spiro atoms. The van der Waals surface area contributed by atoms with Crippen molar-refractivity contribution in [2.75, 3.05) is 5.75 Å². The third kappa shape index (κ3) is 2.55. The van der Waals surface area contributed by atoms with Gasteiger partial charge in [-0.3, -0.25) is 4.99 Å². The van der Waals surface area contributed by atoms with Gasteiger partial charge in [0.25, 0.3) is 0 Å². The van der Waals surface area contributed by atoms with Gasteiger partial charge in [0.15, 0.2) is 5.17 Å². The summed E-state index contributed by atoms with van der Waals surface area (Å²) < 4.78 is 2.03. The molecule has 3 rings (SSSR count). The van der Waals surface area contributed by atoms with E-state index in [0.29, 0.717) is 12.6 Å².